The van der Waals surface area contributed by atoms with E-state index in [1.54, 1.807) is 24.4 Å². The van der Waals surface area contributed by atoms with Crippen LogP contribution in [0.25, 0.3) is 0 Å². The molecule has 6 nitrogen and oxygen atoms in total. The number of amides is 2. The van der Waals surface area contributed by atoms with Gasteiger partial charge >= 0.3 is 0 Å². The molecular formula is C24H24N4O2. The maximum absolute atomic E-state index is 12.9. The molecule has 0 fully saturated rings. The number of benzene rings is 2. The van der Waals surface area contributed by atoms with Gasteiger partial charge in [0, 0.05) is 32.0 Å². The van der Waals surface area contributed by atoms with E-state index >= 15 is 0 Å². The summed E-state index contributed by atoms with van der Waals surface area (Å²) in [6.07, 6.45) is 3.70. The zero-order valence-electron chi connectivity index (χ0n) is 16.9. The molecule has 2 N–H and O–H groups in total. The van der Waals surface area contributed by atoms with E-state index in [9.17, 15) is 9.59 Å². The Morgan fingerprint density at radius 1 is 1.00 bits per heavy atom. The number of anilines is 2. The molecule has 0 radical (unpaired) electrons. The van der Waals surface area contributed by atoms with Crippen LogP contribution in [-0.4, -0.2) is 30.4 Å². The number of nitrogens with one attached hydrogen (secondary N) is 2. The van der Waals surface area contributed by atoms with Crippen LogP contribution in [0.4, 0.5) is 11.4 Å². The van der Waals surface area contributed by atoms with Crippen LogP contribution in [0.15, 0.2) is 66.9 Å². The molecule has 152 valence electrons. The van der Waals surface area contributed by atoms with Gasteiger partial charge in [-0.3, -0.25) is 14.6 Å². The fraction of sp³-hybridized carbons (Fsp3) is 0.208. The highest BCUT2D eigenvalue weighted by molar-refractivity contribution is 6.08. The molecule has 3 aromatic rings. The van der Waals surface area contributed by atoms with Crippen molar-refractivity contribution in [1.82, 2.24) is 10.3 Å². The number of carbonyl (C=O) groups excluding carboxylic acids is 2. The molecule has 0 atom stereocenters. The van der Waals surface area contributed by atoms with Crippen molar-refractivity contribution in [3.8, 4) is 0 Å². The highest BCUT2D eigenvalue weighted by Crippen LogP contribution is 2.30. The fourth-order valence-electron chi connectivity index (χ4n) is 3.72. The van der Waals surface area contributed by atoms with E-state index in [1.165, 1.54) is 5.56 Å². The summed E-state index contributed by atoms with van der Waals surface area (Å²) in [6.45, 7) is 1.34. The zero-order valence-corrected chi connectivity index (χ0v) is 16.9. The molecule has 2 amide bonds. The summed E-state index contributed by atoms with van der Waals surface area (Å²) in [6, 6.07) is 18.6. The first-order valence-corrected chi connectivity index (χ1v) is 10.0. The standard InChI is InChI=1S/C24H24N4O2/c1-28-15-5-7-18-6-4-8-20(22(18)28)23(29)27-19-12-10-17(11-13-19)16-26-24(30)21-9-2-3-14-25-21/h2-4,6,8-14H,5,7,15-16H2,1H3,(H,26,30)(H,27,29). The third kappa shape index (κ3) is 4.33. The third-order valence-corrected chi connectivity index (χ3v) is 5.25. The summed E-state index contributed by atoms with van der Waals surface area (Å²) >= 11 is 0. The molecule has 1 aromatic heterocycles. The number of aryl methyl sites for hydroxylation is 1. The molecule has 2 aromatic carbocycles. The summed E-state index contributed by atoms with van der Waals surface area (Å²) in [5.41, 5.74) is 4.98. The van der Waals surface area contributed by atoms with E-state index in [2.05, 4.69) is 26.6 Å². The van der Waals surface area contributed by atoms with E-state index in [4.69, 9.17) is 0 Å². The Morgan fingerprint density at radius 3 is 2.60 bits per heavy atom. The summed E-state index contributed by atoms with van der Waals surface area (Å²) in [7, 11) is 2.03. The Hall–Kier alpha value is -3.67. The average molecular weight is 400 g/mol. The van der Waals surface area contributed by atoms with Crippen molar-refractivity contribution in [3.63, 3.8) is 0 Å². The lowest BCUT2D eigenvalue weighted by molar-refractivity contribution is 0.0945. The minimum Gasteiger partial charge on any atom is -0.374 e. The van der Waals surface area contributed by atoms with Gasteiger partial charge in [0.25, 0.3) is 11.8 Å². The first-order valence-electron chi connectivity index (χ1n) is 10.0. The van der Waals surface area contributed by atoms with Crippen LogP contribution >= 0.6 is 0 Å². The maximum atomic E-state index is 12.9. The molecule has 2 heterocycles. The largest absolute Gasteiger partial charge is 0.374 e. The minimum atomic E-state index is -0.217. The van der Waals surface area contributed by atoms with Crippen LogP contribution in [0.2, 0.25) is 0 Å². The Morgan fingerprint density at radius 2 is 1.83 bits per heavy atom. The number of pyridine rings is 1. The topological polar surface area (TPSA) is 74.3 Å². The number of carbonyl (C=O) groups is 2. The van der Waals surface area contributed by atoms with Crippen LogP contribution in [0.3, 0.4) is 0 Å². The van der Waals surface area contributed by atoms with E-state index in [0.29, 0.717) is 17.8 Å². The Labute approximate surface area is 175 Å². The van der Waals surface area contributed by atoms with Crippen molar-refractivity contribution in [3.05, 3.63) is 89.2 Å². The first kappa shape index (κ1) is 19.6. The Balaban J connectivity index is 1.39. The van der Waals surface area contributed by atoms with Crippen molar-refractivity contribution in [2.75, 3.05) is 23.8 Å². The van der Waals surface area contributed by atoms with Crippen molar-refractivity contribution in [2.24, 2.45) is 0 Å². The molecule has 1 aliphatic rings. The van der Waals surface area contributed by atoms with Crippen LogP contribution in [0, 0.1) is 0 Å². The molecule has 0 unspecified atom stereocenters. The first-order chi connectivity index (χ1) is 14.6. The summed E-state index contributed by atoms with van der Waals surface area (Å²) in [4.78, 5) is 31.2. The number of fused-ring (bicyclic) bond motifs is 1. The van der Waals surface area contributed by atoms with E-state index in [-0.39, 0.29) is 11.8 Å². The second kappa shape index (κ2) is 8.78. The van der Waals surface area contributed by atoms with Gasteiger partial charge in [0.15, 0.2) is 0 Å². The van der Waals surface area contributed by atoms with E-state index < -0.39 is 0 Å². The lowest BCUT2D eigenvalue weighted by Crippen LogP contribution is -2.28. The van der Waals surface area contributed by atoms with E-state index in [1.807, 2.05) is 43.4 Å². The number of hydrogen-bond acceptors (Lipinski definition) is 4. The maximum Gasteiger partial charge on any atom is 0.270 e. The van der Waals surface area contributed by atoms with Crippen LogP contribution in [-0.2, 0) is 13.0 Å². The van der Waals surface area contributed by atoms with Gasteiger partial charge in [0.1, 0.15) is 5.69 Å². The van der Waals surface area contributed by atoms with Crippen molar-refractivity contribution < 1.29 is 9.59 Å². The molecule has 4 rings (SSSR count). The van der Waals surface area contributed by atoms with Gasteiger partial charge < -0.3 is 15.5 Å². The summed E-state index contributed by atoms with van der Waals surface area (Å²) in [5, 5.41) is 5.83. The molecule has 0 aliphatic carbocycles. The minimum absolute atomic E-state index is 0.114. The third-order valence-electron chi connectivity index (χ3n) is 5.25. The van der Waals surface area contributed by atoms with Gasteiger partial charge in [-0.2, -0.15) is 0 Å². The Bertz CT molecular complexity index is 1050. The normalized spacial score (nSPS) is 12.8. The van der Waals surface area contributed by atoms with Crippen LogP contribution in [0.5, 0.6) is 0 Å². The van der Waals surface area contributed by atoms with Crippen molar-refractivity contribution in [2.45, 2.75) is 19.4 Å². The zero-order chi connectivity index (χ0) is 20.9. The van der Waals surface area contributed by atoms with E-state index in [0.717, 1.165) is 36.3 Å². The van der Waals surface area contributed by atoms with Gasteiger partial charge in [-0.15, -0.1) is 0 Å². The average Bonchev–Trinajstić information content (AvgIpc) is 2.79. The highest BCUT2D eigenvalue weighted by Gasteiger charge is 2.21. The number of aromatic nitrogens is 1. The molecule has 6 heteroatoms. The number of rotatable bonds is 5. The molecule has 30 heavy (non-hydrogen) atoms. The van der Waals surface area contributed by atoms with Crippen molar-refractivity contribution >= 4 is 23.2 Å². The van der Waals surface area contributed by atoms with Crippen molar-refractivity contribution in [1.29, 1.82) is 0 Å². The monoisotopic (exact) mass is 400 g/mol. The van der Waals surface area contributed by atoms with Gasteiger partial charge in [-0.1, -0.05) is 30.3 Å². The molecule has 0 saturated heterocycles. The SMILES string of the molecule is CN1CCCc2cccc(C(=O)Nc3ccc(CNC(=O)c4ccccn4)cc3)c21. The lowest BCUT2D eigenvalue weighted by atomic mass is 9.97. The molecule has 0 spiro atoms. The van der Waals surface area contributed by atoms with Gasteiger partial charge in [-0.25, -0.2) is 0 Å². The van der Waals surface area contributed by atoms with Gasteiger partial charge in [0.05, 0.1) is 11.3 Å². The second-order valence-electron chi connectivity index (χ2n) is 7.39. The predicted molar refractivity (Wildman–Crippen MR) is 118 cm³/mol. The summed E-state index contributed by atoms with van der Waals surface area (Å²) in [5.74, 6) is -0.331. The predicted octanol–water partition coefficient (Wildman–Crippen LogP) is 3.65. The highest BCUT2D eigenvalue weighted by atomic mass is 16.2. The van der Waals surface area contributed by atoms with Crippen LogP contribution in [0.1, 0.15) is 38.4 Å². The number of hydrogen-bond donors (Lipinski definition) is 2. The molecular weight excluding hydrogens is 376 g/mol. The number of nitrogens with zero attached hydrogens (tertiary/aromatic N) is 2. The molecule has 0 saturated carbocycles. The lowest BCUT2D eigenvalue weighted by Gasteiger charge is -2.29. The molecule has 1 aliphatic heterocycles. The fourth-order valence-corrected chi connectivity index (χ4v) is 3.72. The number of para-hydroxylation sites is 1. The van der Waals surface area contributed by atoms with Crippen LogP contribution < -0.4 is 15.5 Å². The molecule has 0 bridgehead atoms. The smallest absolute Gasteiger partial charge is 0.270 e. The summed E-state index contributed by atoms with van der Waals surface area (Å²) < 4.78 is 0. The second-order valence-corrected chi connectivity index (χ2v) is 7.39. The van der Waals surface area contributed by atoms with Gasteiger partial charge in [-0.05, 0) is 54.3 Å². The quantitative estimate of drug-likeness (QED) is 0.686. The Kier molecular flexibility index (Phi) is 5.75. The van der Waals surface area contributed by atoms with Gasteiger partial charge in [0.2, 0.25) is 0 Å².